The lowest BCUT2D eigenvalue weighted by Gasteiger charge is -2.43. The van der Waals surface area contributed by atoms with Gasteiger partial charge in [-0.3, -0.25) is 0 Å². The van der Waals surface area contributed by atoms with Gasteiger partial charge in [0.1, 0.15) is 0 Å². The van der Waals surface area contributed by atoms with Crippen molar-refractivity contribution in [3.8, 4) is 0 Å². The Morgan fingerprint density at radius 1 is 1.28 bits per heavy atom. The minimum absolute atomic E-state index is 0.390. The van der Waals surface area contributed by atoms with Crippen LogP contribution in [0.15, 0.2) is 24.3 Å². The van der Waals surface area contributed by atoms with Gasteiger partial charge in [-0.25, -0.2) is 4.79 Å². The molecule has 0 aliphatic carbocycles. The molecule has 3 atom stereocenters. The van der Waals surface area contributed by atoms with E-state index < -0.39 is 5.97 Å². The summed E-state index contributed by atoms with van der Waals surface area (Å²) in [4.78, 5) is 13.6. The number of carboxylic acid groups (broad SMARTS) is 1. The maximum Gasteiger partial charge on any atom is 0.337 e. The van der Waals surface area contributed by atoms with Gasteiger partial charge in [0.05, 0.1) is 11.3 Å². The summed E-state index contributed by atoms with van der Waals surface area (Å²) >= 11 is 0. The second-order valence-corrected chi connectivity index (χ2v) is 5.53. The quantitative estimate of drug-likeness (QED) is 0.872. The van der Waals surface area contributed by atoms with Gasteiger partial charge in [0, 0.05) is 12.6 Å². The molecule has 3 unspecified atom stereocenters. The fraction of sp³-hybridized carbons (Fsp3) is 0.533. The van der Waals surface area contributed by atoms with Crippen LogP contribution in [0.1, 0.15) is 37.6 Å². The number of carboxylic acids is 1. The zero-order chi connectivity index (χ0) is 13.3. The van der Waals surface area contributed by atoms with Crippen molar-refractivity contribution < 1.29 is 9.90 Å². The van der Waals surface area contributed by atoms with E-state index in [0.29, 0.717) is 23.4 Å². The molecule has 1 heterocycles. The van der Waals surface area contributed by atoms with Gasteiger partial charge in [0.15, 0.2) is 0 Å². The van der Waals surface area contributed by atoms with Crippen LogP contribution < -0.4 is 4.90 Å². The molecule has 0 radical (unpaired) electrons. The van der Waals surface area contributed by atoms with Gasteiger partial charge in [0.2, 0.25) is 0 Å². The largest absolute Gasteiger partial charge is 0.478 e. The first-order valence-electron chi connectivity index (χ1n) is 6.59. The topological polar surface area (TPSA) is 40.5 Å². The van der Waals surface area contributed by atoms with Crippen molar-refractivity contribution in [2.75, 3.05) is 11.4 Å². The molecule has 0 amide bonds. The second kappa shape index (κ2) is 5.01. The minimum atomic E-state index is -0.844. The number of rotatable bonds is 2. The highest BCUT2D eigenvalue weighted by Gasteiger charge is 2.30. The Kier molecular flexibility index (Phi) is 3.60. The molecule has 18 heavy (non-hydrogen) atoms. The molecule has 3 nitrogen and oxygen atoms in total. The van der Waals surface area contributed by atoms with Crippen LogP contribution in [0.5, 0.6) is 0 Å². The van der Waals surface area contributed by atoms with E-state index in [1.807, 2.05) is 12.1 Å². The van der Waals surface area contributed by atoms with Crippen molar-refractivity contribution in [2.24, 2.45) is 11.8 Å². The normalized spacial score (nSPS) is 28.2. The van der Waals surface area contributed by atoms with E-state index in [2.05, 4.69) is 25.7 Å². The summed E-state index contributed by atoms with van der Waals surface area (Å²) in [7, 11) is 0. The first-order chi connectivity index (χ1) is 8.50. The smallest absolute Gasteiger partial charge is 0.337 e. The van der Waals surface area contributed by atoms with Crippen molar-refractivity contribution in [3.05, 3.63) is 29.8 Å². The second-order valence-electron chi connectivity index (χ2n) is 5.53. The third-order valence-corrected chi connectivity index (χ3v) is 4.04. The first-order valence-corrected chi connectivity index (χ1v) is 6.59. The lowest BCUT2D eigenvalue weighted by molar-refractivity contribution is 0.0697. The molecule has 1 aliphatic heterocycles. The van der Waals surface area contributed by atoms with Crippen LogP contribution >= 0.6 is 0 Å². The van der Waals surface area contributed by atoms with E-state index in [0.717, 1.165) is 12.2 Å². The molecular formula is C15H21NO2. The van der Waals surface area contributed by atoms with Crippen LogP contribution in [0.25, 0.3) is 0 Å². The number of carbonyl (C=O) groups is 1. The van der Waals surface area contributed by atoms with E-state index in [1.165, 1.54) is 6.42 Å². The van der Waals surface area contributed by atoms with E-state index in [4.69, 9.17) is 0 Å². The van der Waals surface area contributed by atoms with Crippen LogP contribution in [0.3, 0.4) is 0 Å². The maximum absolute atomic E-state index is 11.3. The summed E-state index contributed by atoms with van der Waals surface area (Å²) in [5.74, 6) is 0.359. The number of para-hydroxylation sites is 1. The third kappa shape index (κ3) is 2.35. The molecule has 1 fully saturated rings. The summed E-state index contributed by atoms with van der Waals surface area (Å²) in [5.41, 5.74) is 1.27. The number of nitrogens with zero attached hydrogens (tertiary/aromatic N) is 1. The number of benzene rings is 1. The molecule has 1 aromatic carbocycles. The number of hydrogen-bond donors (Lipinski definition) is 1. The molecule has 98 valence electrons. The zero-order valence-electron chi connectivity index (χ0n) is 11.3. The van der Waals surface area contributed by atoms with Gasteiger partial charge < -0.3 is 10.0 Å². The maximum atomic E-state index is 11.3. The van der Waals surface area contributed by atoms with Crippen molar-refractivity contribution in [2.45, 2.75) is 33.2 Å². The monoisotopic (exact) mass is 247 g/mol. The molecule has 1 aliphatic rings. The van der Waals surface area contributed by atoms with E-state index in [-0.39, 0.29) is 0 Å². The van der Waals surface area contributed by atoms with Gasteiger partial charge in [0.25, 0.3) is 0 Å². The summed E-state index contributed by atoms with van der Waals surface area (Å²) in [6.07, 6.45) is 1.22. The Morgan fingerprint density at radius 2 is 1.94 bits per heavy atom. The van der Waals surface area contributed by atoms with Crippen LogP contribution in [-0.2, 0) is 0 Å². The molecule has 1 N–H and O–H groups in total. The van der Waals surface area contributed by atoms with E-state index in [9.17, 15) is 9.90 Å². The molecule has 1 saturated heterocycles. The lowest BCUT2D eigenvalue weighted by Crippen LogP contribution is -2.46. The Hall–Kier alpha value is -1.51. The molecule has 1 aromatic rings. The summed E-state index contributed by atoms with van der Waals surface area (Å²) in [6.45, 7) is 7.61. The van der Waals surface area contributed by atoms with Crippen LogP contribution in [0.2, 0.25) is 0 Å². The Morgan fingerprint density at radius 3 is 2.61 bits per heavy atom. The summed E-state index contributed by atoms with van der Waals surface area (Å²) < 4.78 is 0. The van der Waals surface area contributed by atoms with Crippen molar-refractivity contribution >= 4 is 11.7 Å². The number of piperidine rings is 1. The number of aromatic carboxylic acids is 1. The summed E-state index contributed by atoms with van der Waals surface area (Å²) in [5, 5.41) is 9.29. The molecular weight excluding hydrogens is 226 g/mol. The molecule has 0 aromatic heterocycles. The highest BCUT2D eigenvalue weighted by atomic mass is 16.4. The number of hydrogen-bond acceptors (Lipinski definition) is 2. The minimum Gasteiger partial charge on any atom is -0.478 e. The van der Waals surface area contributed by atoms with Crippen molar-refractivity contribution in [1.82, 2.24) is 0 Å². The Bertz CT molecular complexity index is 444. The first kappa shape index (κ1) is 12.9. The summed E-state index contributed by atoms with van der Waals surface area (Å²) in [6, 6.07) is 7.70. The van der Waals surface area contributed by atoms with Crippen LogP contribution in [0.4, 0.5) is 5.69 Å². The average Bonchev–Trinajstić information content (AvgIpc) is 2.33. The highest BCUT2D eigenvalue weighted by molar-refractivity contribution is 5.94. The molecule has 2 rings (SSSR count). The highest BCUT2D eigenvalue weighted by Crippen LogP contribution is 2.33. The fourth-order valence-corrected chi connectivity index (χ4v) is 2.94. The fourth-order valence-electron chi connectivity index (χ4n) is 2.94. The Labute approximate surface area is 108 Å². The van der Waals surface area contributed by atoms with Gasteiger partial charge in [-0.15, -0.1) is 0 Å². The number of anilines is 1. The SMILES string of the molecule is CC1CC(C)C(C)N(c2ccccc2C(=O)O)C1. The van der Waals surface area contributed by atoms with Crippen LogP contribution in [-0.4, -0.2) is 23.7 Å². The molecule has 0 bridgehead atoms. The van der Waals surface area contributed by atoms with Crippen LogP contribution in [0, 0.1) is 11.8 Å². The van der Waals surface area contributed by atoms with E-state index in [1.54, 1.807) is 12.1 Å². The van der Waals surface area contributed by atoms with Gasteiger partial charge >= 0.3 is 5.97 Å². The third-order valence-electron chi connectivity index (χ3n) is 4.04. The predicted molar refractivity (Wildman–Crippen MR) is 73.2 cm³/mol. The molecule has 0 saturated carbocycles. The standard InChI is InChI=1S/C15H21NO2/c1-10-8-11(2)12(3)16(9-10)14-7-5-4-6-13(14)15(17)18/h4-7,10-12H,8-9H2,1-3H3,(H,17,18). The van der Waals surface area contributed by atoms with Gasteiger partial charge in [-0.05, 0) is 37.3 Å². The lowest BCUT2D eigenvalue weighted by atomic mass is 9.85. The Balaban J connectivity index is 2.38. The van der Waals surface area contributed by atoms with E-state index >= 15 is 0 Å². The zero-order valence-corrected chi connectivity index (χ0v) is 11.3. The van der Waals surface area contributed by atoms with Crippen molar-refractivity contribution in [3.63, 3.8) is 0 Å². The molecule has 3 heteroatoms. The van der Waals surface area contributed by atoms with Gasteiger partial charge in [-0.1, -0.05) is 26.0 Å². The average molecular weight is 247 g/mol. The predicted octanol–water partition coefficient (Wildman–Crippen LogP) is 3.26. The van der Waals surface area contributed by atoms with Gasteiger partial charge in [-0.2, -0.15) is 0 Å². The molecule has 0 spiro atoms. The van der Waals surface area contributed by atoms with Crippen molar-refractivity contribution in [1.29, 1.82) is 0 Å².